The highest BCUT2D eigenvalue weighted by molar-refractivity contribution is 9.10. The molecular formula is C18H11BrClF3N6O. The number of pyridine rings is 1. The Morgan fingerprint density at radius 1 is 1.33 bits per heavy atom. The molecule has 0 fully saturated rings. The summed E-state index contributed by atoms with van der Waals surface area (Å²) in [7, 11) is 0. The van der Waals surface area contributed by atoms with Crippen LogP contribution in [-0.4, -0.2) is 25.7 Å². The van der Waals surface area contributed by atoms with Gasteiger partial charge in [0.1, 0.15) is 6.07 Å². The number of nitriles is 1. The zero-order chi connectivity index (χ0) is 22.1. The van der Waals surface area contributed by atoms with Gasteiger partial charge >= 0.3 is 6.18 Å². The molecule has 0 spiro atoms. The first-order valence-corrected chi connectivity index (χ1v) is 9.43. The Labute approximate surface area is 181 Å². The number of nitrogens with zero attached hydrogens (tertiary/aromatic N) is 5. The van der Waals surface area contributed by atoms with Crippen LogP contribution in [0.2, 0.25) is 5.02 Å². The molecule has 1 unspecified atom stereocenters. The molecule has 0 radical (unpaired) electrons. The topological polar surface area (TPSA) is 96.5 Å². The molecule has 12 heteroatoms. The standard InChI is InChI=1S/C18H11BrClF3N6O/c1-9(26-16(30)11-4-12(18(21,22)23)6-13(20)5-11)15-27-17(19)28-29(15)14-3-2-10(7-24)8-25-14/h2-6,8-9H,1H3,(H,26,30). The molecule has 0 saturated carbocycles. The average Bonchev–Trinajstić information content (AvgIpc) is 3.08. The fourth-order valence-electron chi connectivity index (χ4n) is 2.55. The molecule has 0 aliphatic heterocycles. The van der Waals surface area contributed by atoms with Crippen molar-refractivity contribution in [1.29, 1.82) is 5.26 Å². The van der Waals surface area contributed by atoms with Gasteiger partial charge in [-0.1, -0.05) is 11.6 Å². The van der Waals surface area contributed by atoms with Gasteiger partial charge in [-0.2, -0.15) is 23.1 Å². The predicted octanol–water partition coefficient (Wildman–Crippen LogP) is 4.46. The summed E-state index contributed by atoms with van der Waals surface area (Å²) in [6.07, 6.45) is -3.29. The Balaban J connectivity index is 1.88. The largest absolute Gasteiger partial charge is 0.416 e. The monoisotopic (exact) mass is 498 g/mol. The van der Waals surface area contributed by atoms with Crippen molar-refractivity contribution in [3.8, 4) is 11.9 Å². The molecule has 0 bridgehead atoms. The summed E-state index contributed by atoms with van der Waals surface area (Å²) >= 11 is 8.89. The summed E-state index contributed by atoms with van der Waals surface area (Å²) in [6.45, 7) is 1.59. The van der Waals surface area contributed by atoms with Crippen LogP contribution in [0, 0.1) is 11.3 Å². The van der Waals surface area contributed by atoms with Gasteiger partial charge in [0.25, 0.3) is 5.91 Å². The second-order valence-corrected chi connectivity index (χ2v) is 7.23. The number of rotatable bonds is 4. The van der Waals surface area contributed by atoms with Gasteiger partial charge in [-0.15, -0.1) is 5.10 Å². The minimum absolute atomic E-state index is 0.213. The highest BCUT2D eigenvalue weighted by atomic mass is 79.9. The molecule has 2 aromatic heterocycles. The quantitative estimate of drug-likeness (QED) is 0.572. The van der Waals surface area contributed by atoms with Crippen LogP contribution < -0.4 is 5.32 Å². The van der Waals surface area contributed by atoms with Crippen LogP contribution in [0.15, 0.2) is 41.3 Å². The molecular weight excluding hydrogens is 489 g/mol. The second-order valence-electron chi connectivity index (χ2n) is 6.09. The van der Waals surface area contributed by atoms with Crippen molar-refractivity contribution >= 4 is 33.4 Å². The van der Waals surface area contributed by atoms with Gasteiger partial charge < -0.3 is 5.32 Å². The Morgan fingerprint density at radius 3 is 2.67 bits per heavy atom. The van der Waals surface area contributed by atoms with E-state index in [2.05, 4.69) is 36.3 Å². The molecule has 0 aliphatic rings. The minimum atomic E-state index is -4.64. The summed E-state index contributed by atoms with van der Waals surface area (Å²) in [4.78, 5) is 20.9. The van der Waals surface area contributed by atoms with Crippen LogP contribution in [0.4, 0.5) is 13.2 Å². The highest BCUT2D eigenvalue weighted by Crippen LogP contribution is 2.32. The Hall–Kier alpha value is -2.97. The third-order valence-corrected chi connectivity index (χ3v) is 4.48. The maximum atomic E-state index is 13.0. The van der Waals surface area contributed by atoms with Crippen molar-refractivity contribution in [3.63, 3.8) is 0 Å². The Kier molecular flexibility index (Phi) is 6.09. The van der Waals surface area contributed by atoms with E-state index in [1.807, 2.05) is 6.07 Å². The smallest absolute Gasteiger partial charge is 0.342 e. The molecule has 154 valence electrons. The number of benzene rings is 1. The van der Waals surface area contributed by atoms with Crippen LogP contribution >= 0.6 is 27.5 Å². The number of hydrogen-bond acceptors (Lipinski definition) is 5. The molecule has 30 heavy (non-hydrogen) atoms. The lowest BCUT2D eigenvalue weighted by Gasteiger charge is -2.15. The van der Waals surface area contributed by atoms with Crippen molar-refractivity contribution in [2.24, 2.45) is 0 Å². The lowest BCUT2D eigenvalue weighted by atomic mass is 10.1. The van der Waals surface area contributed by atoms with Gasteiger partial charge in [-0.3, -0.25) is 4.79 Å². The van der Waals surface area contributed by atoms with Crippen LogP contribution in [-0.2, 0) is 6.18 Å². The van der Waals surface area contributed by atoms with Gasteiger partial charge in [0, 0.05) is 16.8 Å². The van der Waals surface area contributed by atoms with Crippen LogP contribution in [0.3, 0.4) is 0 Å². The number of nitrogens with one attached hydrogen (secondary N) is 1. The van der Waals surface area contributed by atoms with E-state index in [0.29, 0.717) is 11.4 Å². The lowest BCUT2D eigenvalue weighted by molar-refractivity contribution is -0.137. The molecule has 2 heterocycles. The van der Waals surface area contributed by atoms with E-state index in [0.717, 1.165) is 18.2 Å². The van der Waals surface area contributed by atoms with E-state index in [9.17, 15) is 18.0 Å². The number of hydrogen-bond donors (Lipinski definition) is 1. The first-order valence-electron chi connectivity index (χ1n) is 8.26. The number of carbonyl (C=O) groups excluding carboxylic acids is 1. The number of carbonyl (C=O) groups is 1. The number of amides is 1. The van der Waals surface area contributed by atoms with Gasteiger partial charge in [0.2, 0.25) is 4.73 Å². The summed E-state index contributed by atoms with van der Waals surface area (Å²) < 4.78 is 40.5. The highest BCUT2D eigenvalue weighted by Gasteiger charge is 2.32. The fourth-order valence-corrected chi connectivity index (χ4v) is 3.13. The zero-order valence-corrected chi connectivity index (χ0v) is 17.4. The third kappa shape index (κ3) is 4.77. The number of halogens is 5. The van der Waals surface area contributed by atoms with E-state index in [-0.39, 0.29) is 21.1 Å². The van der Waals surface area contributed by atoms with E-state index in [1.165, 1.54) is 16.9 Å². The molecule has 1 amide bonds. The maximum absolute atomic E-state index is 13.0. The number of aromatic nitrogens is 4. The van der Waals surface area contributed by atoms with E-state index >= 15 is 0 Å². The van der Waals surface area contributed by atoms with Crippen molar-refractivity contribution in [3.05, 3.63) is 68.8 Å². The van der Waals surface area contributed by atoms with Gasteiger partial charge in [0.05, 0.1) is 17.2 Å². The zero-order valence-electron chi connectivity index (χ0n) is 15.1. The summed E-state index contributed by atoms with van der Waals surface area (Å²) in [5.41, 5.74) is -0.925. The van der Waals surface area contributed by atoms with Crippen molar-refractivity contribution in [2.45, 2.75) is 19.1 Å². The molecule has 3 rings (SSSR count). The molecule has 1 atom stereocenters. The summed E-state index contributed by atoms with van der Waals surface area (Å²) in [5.74, 6) is -0.162. The average molecular weight is 500 g/mol. The lowest BCUT2D eigenvalue weighted by Crippen LogP contribution is -2.29. The van der Waals surface area contributed by atoms with Crippen LogP contribution in [0.1, 0.15) is 40.3 Å². The molecule has 7 nitrogen and oxygen atoms in total. The van der Waals surface area contributed by atoms with Crippen molar-refractivity contribution < 1.29 is 18.0 Å². The summed E-state index contributed by atoms with van der Waals surface area (Å²) in [6, 6.07) is 6.88. The van der Waals surface area contributed by atoms with Crippen molar-refractivity contribution in [1.82, 2.24) is 25.1 Å². The van der Waals surface area contributed by atoms with Gasteiger partial charge in [-0.25, -0.2) is 9.97 Å². The maximum Gasteiger partial charge on any atom is 0.416 e. The van der Waals surface area contributed by atoms with Crippen LogP contribution in [0.25, 0.3) is 5.82 Å². The molecule has 3 aromatic rings. The SMILES string of the molecule is CC(NC(=O)c1cc(Cl)cc(C(F)(F)F)c1)c1nc(Br)nn1-c1ccc(C#N)cn1. The molecule has 1 N–H and O–H groups in total. The van der Waals surface area contributed by atoms with E-state index in [4.69, 9.17) is 16.9 Å². The number of alkyl halides is 3. The fraction of sp³-hybridized carbons (Fsp3) is 0.167. The summed E-state index contributed by atoms with van der Waals surface area (Å²) in [5, 5.41) is 15.4. The first kappa shape index (κ1) is 21.7. The minimum Gasteiger partial charge on any atom is -0.342 e. The van der Waals surface area contributed by atoms with E-state index < -0.39 is 23.7 Å². The molecule has 1 aromatic carbocycles. The van der Waals surface area contributed by atoms with Crippen molar-refractivity contribution in [2.75, 3.05) is 0 Å². The van der Waals surface area contributed by atoms with Gasteiger partial charge in [0.15, 0.2) is 11.6 Å². The van der Waals surface area contributed by atoms with E-state index in [1.54, 1.807) is 13.0 Å². The molecule has 0 saturated heterocycles. The normalized spacial score (nSPS) is 12.3. The Bertz CT molecular complexity index is 1140. The molecule has 0 aliphatic carbocycles. The Morgan fingerprint density at radius 2 is 2.07 bits per heavy atom. The van der Waals surface area contributed by atoms with Gasteiger partial charge in [-0.05, 0) is 53.2 Å². The predicted molar refractivity (Wildman–Crippen MR) is 104 cm³/mol. The first-order chi connectivity index (χ1) is 14.1. The second kappa shape index (κ2) is 8.41. The van der Waals surface area contributed by atoms with Crippen LogP contribution in [0.5, 0.6) is 0 Å². The third-order valence-electron chi connectivity index (χ3n) is 3.92.